The summed E-state index contributed by atoms with van der Waals surface area (Å²) >= 11 is 0. The van der Waals surface area contributed by atoms with Crippen molar-refractivity contribution in [3.05, 3.63) is 53.9 Å². The molecule has 7 nitrogen and oxygen atoms in total. The van der Waals surface area contributed by atoms with Gasteiger partial charge in [0.25, 0.3) is 6.47 Å². The second-order valence-electron chi connectivity index (χ2n) is 5.99. The molecule has 26 heavy (non-hydrogen) atoms. The molecule has 0 radical (unpaired) electrons. The van der Waals surface area contributed by atoms with Gasteiger partial charge in [-0.3, -0.25) is 14.5 Å². The molecule has 0 bridgehead atoms. The molecule has 2 aromatic rings. The van der Waals surface area contributed by atoms with Gasteiger partial charge in [-0.2, -0.15) is 0 Å². The number of aryl methyl sites for hydroxylation is 1. The van der Waals surface area contributed by atoms with Crippen LogP contribution in [0, 0.1) is 12.7 Å². The first-order chi connectivity index (χ1) is 12.5. The standard InChI is InChI=1S/C17H21FN4O.CH2O2/c1-14-19-6-7-21(14)10-8-20-9-11-22(17(23)13-20)12-15-2-4-16(18)5-3-15;2-1-3/h2-7H,8-13H2,1H3;1H,(H,2,3). The lowest BCUT2D eigenvalue weighted by atomic mass is 10.2. The number of carbonyl (C=O) groups excluding carboxylic acids is 1. The number of nitrogens with zero attached hydrogens (tertiary/aromatic N) is 4. The van der Waals surface area contributed by atoms with Gasteiger partial charge in [-0.15, -0.1) is 0 Å². The normalized spacial score (nSPS) is 14.7. The maximum atomic E-state index is 12.9. The van der Waals surface area contributed by atoms with Crippen molar-refractivity contribution in [3.63, 3.8) is 0 Å². The Morgan fingerprint density at radius 3 is 2.50 bits per heavy atom. The number of piperazine rings is 1. The molecule has 1 aliphatic rings. The molecule has 1 aromatic carbocycles. The summed E-state index contributed by atoms with van der Waals surface area (Å²) in [6.45, 7) is 5.97. The average molecular weight is 362 g/mol. The maximum absolute atomic E-state index is 12.9. The van der Waals surface area contributed by atoms with Crippen LogP contribution in [-0.4, -0.2) is 63.0 Å². The minimum Gasteiger partial charge on any atom is -0.483 e. The minimum atomic E-state index is -0.250. The van der Waals surface area contributed by atoms with Crippen molar-refractivity contribution in [2.45, 2.75) is 20.0 Å². The number of hydrogen-bond acceptors (Lipinski definition) is 4. The van der Waals surface area contributed by atoms with Gasteiger partial charge in [0.05, 0.1) is 6.54 Å². The summed E-state index contributed by atoms with van der Waals surface area (Å²) in [5.41, 5.74) is 0.960. The number of rotatable bonds is 5. The second kappa shape index (κ2) is 9.67. The monoisotopic (exact) mass is 362 g/mol. The zero-order valence-electron chi connectivity index (χ0n) is 14.7. The molecular formula is C18H23FN4O3. The van der Waals surface area contributed by atoms with Crippen LogP contribution in [0.1, 0.15) is 11.4 Å². The number of aromatic nitrogens is 2. The first-order valence-corrected chi connectivity index (χ1v) is 8.33. The molecule has 0 spiro atoms. The Hall–Kier alpha value is -2.74. The van der Waals surface area contributed by atoms with Crippen LogP contribution in [0.2, 0.25) is 0 Å². The molecule has 1 N–H and O–H groups in total. The van der Waals surface area contributed by atoms with Crippen molar-refractivity contribution >= 4 is 12.4 Å². The van der Waals surface area contributed by atoms with Crippen molar-refractivity contribution in [3.8, 4) is 0 Å². The van der Waals surface area contributed by atoms with E-state index in [1.54, 1.807) is 18.3 Å². The molecule has 0 saturated carbocycles. The molecular weight excluding hydrogens is 339 g/mol. The first kappa shape index (κ1) is 19.6. The van der Waals surface area contributed by atoms with Gasteiger partial charge in [0.2, 0.25) is 5.91 Å². The van der Waals surface area contributed by atoms with Crippen LogP contribution >= 0.6 is 0 Å². The van der Waals surface area contributed by atoms with E-state index in [9.17, 15) is 9.18 Å². The van der Waals surface area contributed by atoms with Crippen LogP contribution in [0.3, 0.4) is 0 Å². The lowest BCUT2D eigenvalue weighted by molar-refractivity contribution is -0.136. The molecule has 0 atom stereocenters. The Balaban J connectivity index is 0.000000758. The minimum absolute atomic E-state index is 0.128. The van der Waals surface area contributed by atoms with E-state index in [0.29, 0.717) is 19.6 Å². The van der Waals surface area contributed by atoms with Crippen LogP contribution < -0.4 is 0 Å². The van der Waals surface area contributed by atoms with E-state index in [-0.39, 0.29) is 18.2 Å². The third-order valence-electron chi connectivity index (χ3n) is 4.27. The lowest BCUT2D eigenvalue weighted by Crippen LogP contribution is -2.50. The highest BCUT2D eigenvalue weighted by molar-refractivity contribution is 5.79. The van der Waals surface area contributed by atoms with Gasteiger partial charge in [-0.25, -0.2) is 9.37 Å². The number of halogens is 1. The van der Waals surface area contributed by atoms with Crippen molar-refractivity contribution in [2.24, 2.45) is 0 Å². The Kier molecular flexibility index (Phi) is 7.28. The van der Waals surface area contributed by atoms with E-state index in [1.165, 1.54) is 12.1 Å². The first-order valence-electron chi connectivity index (χ1n) is 8.33. The smallest absolute Gasteiger partial charge is 0.290 e. The number of amides is 1. The van der Waals surface area contributed by atoms with Crippen molar-refractivity contribution in [1.29, 1.82) is 0 Å². The van der Waals surface area contributed by atoms with Gasteiger partial charge in [0.1, 0.15) is 11.6 Å². The molecule has 2 heterocycles. The molecule has 8 heteroatoms. The molecule has 3 rings (SSSR count). The fraction of sp³-hybridized carbons (Fsp3) is 0.389. The van der Waals surface area contributed by atoms with Gasteiger partial charge in [-0.1, -0.05) is 12.1 Å². The molecule has 1 aliphatic heterocycles. The molecule has 1 aromatic heterocycles. The highest BCUT2D eigenvalue weighted by atomic mass is 19.1. The number of benzene rings is 1. The Morgan fingerprint density at radius 2 is 1.92 bits per heavy atom. The van der Waals surface area contributed by atoms with E-state index in [4.69, 9.17) is 9.90 Å². The Bertz CT molecular complexity index is 717. The topological polar surface area (TPSA) is 78.7 Å². The lowest BCUT2D eigenvalue weighted by Gasteiger charge is -2.34. The third-order valence-corrected chi connectivity index (χ3v) is 4.27. The Labute approximate surface area is 151 Å². The molecule has 1 fully saturated rings. The van der Waals surface area contributed by atoms with Gasteiger partial charge in [-0.05, 0) is 24.6 Å². The summed E-state index contributed by atoms with van der Waals surface area (Å²) in [4.78, 5) is 28.9. The SMILES string of the molecule is Cc1nccn1CCN1CCN(Cc2ccc(F)cc2)C(=O)C1.O=CO. The largest absolute Gasteiger partial charge is 0.483 e. The van der Waals surface area contributed by atoms with E-state index < -0.39 is 0 Å². The third kappa shape index (κ3) is 5.66. The number of carboxylic acid groups (broad SMARTS) is 1. The van der Waals surface area contributed by atoms with E-state index >= 15 is 0 Å². The predicted molar refractivity (Wildman–Crippen MR) is 93.9 cm³/mol. The zero-order valence-corrected chi connectivity index (χ0v) is 14.7. The van der Waals surface area contributed by atoms with Crippen LogP contribution in [0.25, 0.3) is 0 Å². The molecule has 0 unspecified atom stereocenters. The zero-order chi connectivity index (χ0) is 18.9. The second-order valence-corrected chi connectivity index (χ2v) is 5.99. The van der Waals surface area contributed by atoms with Gasteiger partial charge in [0, 0.05) is 45.1 Å². The van der Waals surface area contributed by atoms with Crippen molar-refractivity contribution in [1.82, 2.24) is 19.4 Å². The highest BCUT2D eigenvalue weighted by Crippen LogP contribution is 2.11. The fourth-order valence-electron chi connectivity index (χ4n) is 2.81. The van der Waals surface area contributed by atoms with Gasteiger partial charge in [0.15, 0.2) is 0 Å². The number of imidazole rings is 1. The number of hydrogen-bond donors (Lipinski definition) is 1. The summed E-state index contributed by atoms with van der Waals surface area (Å²) in [6, 6.07) is 6.33. The summed E-state index contributed by atoms with van der Waals surface area (Å²) in [7, 11) is 0. The van der Waals surface area contributed by atoms with Crippen molar-refractivity contribution in [2.75, 3.05) is 26.2 Å². The summed E-state index contributed by atoms with van der Waals surface area (Å²) < 4.78 is 15.0. The summed E-state index contributed by atoms with van der Waals surface area (Å²) in [5.74, 6) is 0.869. The van der Waals surface area contributed by atoms with Crippen LogP contribution in [0.4, 0.5) is 4.39 Å². The predicted octanol–water partition coefficient (Wildman–Crippen LogP) is 1.38. The molecule has 1 amide bonds. The van der Waals surface area contributed by atoms with Gasteiger partial charge >= 0.3 is 0 Å². The molecule has 1 saturated heterocycles. The van der Waals surface area contributed by atoms with Crippen LogP contribution in [-0.2, 0) is 22.7 Å². The van der Waals surface area contributed by atoms with Gasteiger partial charge < -0.3 is 14.6 Å². The van der Waals surface area contributed by atoms with Crippen LogP contribution in [0.15, 0.2) is 36.7 Å². The van der Waals surface area contributed by atoms with E-state index in [0.717, 1.165) is 31.0 Å². The van der Waals surface area contributed by atoms with Crippen LogP contribution in [0.5, 0.6) is 0 Å². The summed E-state index contributed by atoms with van der Waals surface area (Å²) in [5, 5.41) is 6.89. The van der Waals surface area contributed by atoms with Crippen molar-refractivity contribution < 1.29 is 19.1 Å². The highest BCUT2D eigenvalue weighted by Gasteiger charge is 2.23. The summed E-state index contributed by atoms with van der Waals surface area (Å²) in [6.07, 6.45) is 3.75. The maximum Gasteiger partial charge on any atom is 0.290 e. The van der Waals surface area contributed by atoms with E-state index in [2.05, 4.69) is 14.5 Å². The number of carbonyl (C=O) groups is 2. The fourth-order valence-corrected chi connectivity index (χ4v) is 2.81. The quantitative estimate of drug-likeness (QED) is 0.813. The van der Waals surface area contributed by atoms with E-state index in [1.807, 2.05) is 18.0 Å². The molecule has 140 valence electrons. The average Bonchev–Trinajstić information content (AvgIpc) is 3.03. The Morgan fingerprint density at radius 1 is 1.23 bits per heavy atom. The molecule has 0 aliphatic carbocycles.